The molecule has 112 valence electrons. The summed E-state index contributed by atoms with van der Waals surface area (Å²) in [7, 11) is 0. The number of hydrogen-bond acceptors (Lipinski definition) is 5. The third kappa shape index (κ3) is 2.60. The van der Waals surface area contributed by atoms with Gasteiger partial charge in [0.2, 0.25) is 0 Å². The lowest BCUT2D eigenvalue weighted by atomic mass is 10.2. The van der Waals surface area contributed by atoms with Crippen molar-refractivity contribution in [2.75, 3.05) is 5.32 Å². The van der Waals surface area contributed by atoms with E-state index in [1.807, 2.05) is 30.3 Å². The Morgan fingerprint density at radius 2 is 1.70 bits per heavy atom. The van der Waals surface area contributed by atoms with Crippen molar-refractivity contribution in [2.45, 2.75) is 0 Å². The van der Waals surface area contributed by atoms with Gasteiger partial charge >= 0.3 is 0 Å². The second-order valence-electron chi connectivity index (χ2n) is 5.06. The first kappa shape index (κ1) is 13.3. The van der Waals surface area contributed by atoms with Gasteiger partial charge in [0.05, 0.1) is 11.8 Å². The van der Waals surface area contributed by atoms with E-state index >= 15 is 0 Å². The minimum absolute atomic E-state index is 0.222. The lowest BCUT2D eigenvalue weighted by Gasteiger charge is -2.10. The minimum atomic E-state index is 0.222. The lowest BCUT2D eigenvalue weighted by Crippen LogP contribution is -1.98. The van der Waals surface area contributed by atoms with Gasteiger partial charge in [0, 0.05) is 11.1 Å². The van der Waals surface area contributed by atoms with Gasteiger partial charge in [0.25, 0.3) is 0 Å². The third-order valence-electron chi connectivity index (χ3n) is 3.47. The summed E-state index contributed by atoms with van der Waals surface area (Å²) in [6, 6.07) is 18.2. The molecule has 0 spiro atoms. The van der Waals surface area contributed by atoms with Gasteiger partial charge in [-0.15, -0.1) is 0 Å². The Labute approximate surface area is 132 Å². The fourth-order valence-corrected chi connectivity index (χ4v) is 2.37. The molecule has 2 heterocycles. The maximum absolute atomic E-state index is 9.40. The maximum Gasteiger partial charge on any atom is 0.198 e. The van der Waals surface area contributed by atoms with Crippen LogP contribution >= 0.6 is 0 Å². The predicted octanol–water partition coefficient (Wildman–Crippen LogP) is 4.34. The number of phenolic OH excluding ortho intramolecular Hbond substituents is 1. The second kappa shape index (κ2) is 5.46. The highest BCUT2D eigenvalue weighted by molar-refractivity contribution is 5.92. The number of nitrogens with one attached hydrogen (secondary N) is 1. The van der Waals surface area contributed by atoms with E-state index in [0.29, 0.717) is 17.4 Å². The van der Waals surface area contributed by atoms with Gasteiger partial charge in [-0.1, -0.05) is 12.1 Å². The molecule has 5 nitrogen and oxygen atoms in total. The minimum Gasteiger partial charge on any atom is -0.508 e. The lowest BCUT2D eigenvalue weighted by molar-refractivity contribution is 0.475. The molecule has 2 N–H and O–H groups in total. The molecule has 2 aromatic heterocycles. The summed E-state index contributed by atoms with van der Waals surface area (Å²) in [5.74, 6) is 2.05. The number of fused-ring (bicyclic) bond motifs is 1. The molecule has 4 aromatic rings. The van der Waals surface area contributed by atoms with Crippen LogP contribution in [0.25, 0.3) is 22.5 Å². The van der Waals surface area contributed by atoms with Crippen LogP contribution in [0.3, 0.4) is 0 Å². The molecule has 0 atom stereocenters. The fraction of sp³-hybridized carbons (Fsp3) is 0. The van der Waals surface area contributed by atoms with E-state index in [2.05, 4.69) is 15.3 Å². The van der Waals surface area contributed by atoms with Gasteiger partial charge in [0.1, 0.15) is 11.6 Å². The van der Waals surface area contributed by atoms with Crippen LogP contribution in [0.2, 0.25) is 0 Å². The zero-order valence-corrected chi connectivity index (χ0v) is 12.1. The number of anilines is 2. The van der Waals surface area contributed by atoms with E-state index < -0.39 is 0 Å². The maximum atomic E-state index is 9.40. The second-order valence-corrected chi connectivity index (χ2v) is 5.06. The van der Waals surface area contributed by atoms with Crippen LogP contribution in [0.1, 0.15) is 0 Å². The van der Waals surface area contributed by atoms with E-state index in [-0.39, 0.29) is 5.75 Å². The highest BCUT2D eigenvalue weighted by Gasteiger charge is 2.11. The van der Waals surface area contributed by atoms with Crippen molar-refractivity contribution in [3.05, 3.63) is 66.9 Å². The number of benzene rings is 2. The highest BCUT2D eigenvalue weighted by Crippen LogP contribution is 2.27. The number of hydrogen-bond donors (Lipinski definition) is 2. The summed E-state index contributed by atoms with van der Waals surface area (Å²) in [6.07, 6.45) is 1.60. The Hall–Kier alpha value is -3.34. The Kier molecular flexibility index (Phi) is 3.16. The van der Waals surface area contributed by atoms with Crippen molar-refractivity contribution >= 4 is 22.4 Å². The Balaban J connectivity index is 1.84. The van der Waals surface area contributed by atoms with Crippen LogP contribution in [0, 0.1) is 0 Å². The molecule has 0 saturated heterocycles. The van der Waals surface area contributed by atoms with E-state index in [1.165, 1.54) is 0 Å². The standard InChI is InChI=1S/C18H13N3O2/c22-13-9-7-12(8-10-13)19-17-14-4-1-2-5-15(14)20-18(21-17)16-6-3-11-23-16/h1-11,22H,(H,19,20,21). The van der Waals surface area contributed by atoms with Gasteiger partial charge in [0.15, 0.2) is 11.6 Å². The largest absolute Gasteiger partial charge is 0.508 e. The normalized spacial score (nSPS) is 10.8. The molecule has 0 saturated carbocycles. The number of phenols is 1. The summed E-state index contributed by atoms with van der Waals surface area (Å²) >= 11 is 0. The highest BCUT2D eigenvalue weighted by atomic mass is 16.3. The van der Waals surface area contributed by atoms with Crippen molar-refractivity contribution in [2.24, 2.45) is 0 Å². The first-order valence-electron chi connectivity index (χ1n) is 7.16. The summed E-state index contributed by atoms with van der Waals surface area (Å²) in [5, 5.41) is 13.6. The molecule has 0 radical (unpaired) electrons. The van der Waals surface area contributed by atoms with Crippen molar-refractivity contribution in [3.63, 3.8) is 0 Å². The third-order valence-corrected chi connectivity index (χ3v) is 3.47. The smallest absolute Gasteiger partial charge is 0.198 e. The molecular formula is C18H13N3O2. The van der Waals surface area contributed by atoms with Crippen LogP contribution < -0.4 is 5.32 Å². The SMILES string of the molecule is Oc1ccc(Nc2nc(-c3ccco3)nc3ccccc23)cc1. The van der Waals surface area contributed by atoms with Crippen LogP contribution in [0.5, 0.6) is 5.75 Å². The first-order valence-corrected chi connectivity index (χ1v) is 7.16. The van der Waals surface area contributed by atoms with E-state index in [1.54, 1.807) is 36.6 Å². The number of aromatic hydroxyl groups is 1. The molecule has 5 heteroatoms. The molecule has 0 fully saturated rings. The van der Waals surface area contributed by atoms with Gasteiger partial charge in [-0.25, -0.2) is 9.97 Å². The Morgan fingerprint density at radius 1 is 0.870 bits per heavy atom. The zero-order valence-electron chi connectivity index (χ0n) is 12.1. The van der Waals surface area contributed by atoms with E-state index in [4.69, 9.17) is 4.42 Å². The number of aromatic nitrogens is 2. The monoisotopic (exact) mass is 303 g/mol. The van der Waals surface area contributed by atoms with Crippen molar-refractivity contribution < 1.29 is 9.52 Å². The van der Waals surface area contributed by atoms with Crippen molar-refractivity contribution in [1.82, 2.24) is 9.97 Å². The molecule has 0 amide bonds. The Bertz CT molecular complexity index is 948. The molecule has 0 unspecified atom stereocenters. The van der Waals surface area contributed by atoms with Crippen LogP contribution in [0.15, 0.2) is 71.3 Å². The predicted molar refractivity (Wildman–Crippen MR) is 88.6 cm³/mol. The number of furan rings is 1. The van der Waals surface area contributed by atoms with Gasteiger partial charge < -0.3 is 14.8 Å². The van der Waals surface area contributed by atoms with E-state index in [9.17, 15) is 5.11 Å². The van der Waals surface area contributed by atoms with Gasteiger partial charge in [-0.2, -0.15) is 0 Å². The molecule has 4 rings (SSSR count). The number of para-hydroxylation sites is 1. The summed E-state index contributed by atoms with van der Waals surface area (Å²) < 4.78 is 5.40. The van der Waals surface area contributed by atoms with Crippen molar-refractivity contribution in [1.29, 1.82) is 0 Å². The zero-order chi connectivity index (χ0) is 15.6. The fourth-order valence-electron chi connectivity index (χ4n) is 2.37. The summed E-state index contributed by atoms with van der Waals surface area (Å²) in [4.78, 5) is 9.13. The average molecular weight is 303 g/mol. The van der Waals surface area contributed by atoms with E-state index in [0.717, 1.165) is 16.6 Å². The summed E-state index contributed by atoms with van der Waals surface area (Å²) in [5.41, 5.74) is 1.66. The molecule has 0 aliphatic heterocycles. The molecule has 2 aromatic carbocycles. The van der Waals surface area contributed by atoms with Crippen LogP contribution in [-0.2, 0) is 0 Å². The van der Waals surface area contributed by atoms with Gasteiger partial charge in [-0.05, 0) is 48.5 Å². The first-order chi connectivity index (χ1) is 11.3. The Morgan fingerprint density at radius 3 is 2.48 bits per heavy atom. The summed E-state index contributed by atoms with van der Waals surface area (Å²) in [6.45, 7) is 0. The van der Waals surface area contributed by atoms with Crippen LogP contribution in [-0.4, -0.2) is 15.1 Å². The number of nitrogens with zero attached hydrogens (tertiary/aromatic N) is 2. The molecule has 0 aliphatic carbocycles. The molecule has 0 aliphatic rings. The topological polar surface area (TPSA) is 71.2 Å². The average Bonchev–Trinajstić information content (AvgIpc) is 3.11. The molecule has 0 bridgehead atoms. The molecular weight excluding hydrogens is 290 g/mol. The van der Waals surface area contributed by atoms with Gasteiger partial charge in [-0.3, -0.25) is 0 Å². The van der Waals surface area contributed by atoms with Crippen molar-refractivity contribution in [3.8, 4) is 17.3 Å². The quantitative estimate of drug-likeness (QED) is 0.551. The molecule has 23 heavy (non-hydrogen) atoms. The van der Waals surface area contributed by atoms with Crippen LogP contribution in [0.4, 0.5) is 11.5 Å². The number of rotatable bonds is 3.